The first-order valence-electron chi connectivity index (χ1n) is 8.71. The molecular formula is C18H34O3. The second-order valence-corrected chi connectivity index (χ2v) is 5.90. The maximum atomic E-state index is 10.3. The van der Waals surface area contributed by atoms with Gasteiger partial charge in [-0.3, -0.25) is 4.79 Å². The SMILES string of the molecule is CCCCC/C=C\CC[C@@H](O)CCCCCCCC(=O)O. The Kier molecular flexibility index (Phi) is 14.9. The minimum Gasteiger partial charge on any atom is -0.481 e. The number of aliphatic carboxylic acids is 1. The molecule has 0 aliphatic heterocycles. The van der Waals surface area contributed by atoms with Crippen LogP contribution in [0.5, 0.6) is 0 Å². The maximum absolute atomic E-state index is 10.3. The van der Waals surface area contributed by atoms with E-state index in [4.69, 9.17) is 5.11 Å². The minimum absolute atomic E-state index is 0.177. The molecule has 0 amide bonds. The second-order valence-electron chi connectivity index (χ2n) is 5.90. The summed E-state index contributed by atoms with van der Waals surface area (Å²) in [5.41, 5.74) is 0. The fourth-order valence-corrected chi connectivity index (χ4v) is 2.37. The number of carboxylic acid groups (broad SMARTS) is 1. The molecule has 0 aromatic heterocycles. The van der Waals surface area contributed by atoms with Crippen LogP contribution < -0.4 is 0 Å². The van der Waals surface area contributed by atoms with Crippen LogP contribution in [-0.4, -0.2) is 22.3 Å². The topological polar surface area (TPSA) is 57.5 Å². The van der Waals surface area contributed by atoms with E-state index in [1.165, 1.54) is 25.7 Å². The van der Waals surface area contributed by atoms with Crippen LogP contribution in [0.15, 0.2) is 12.2 Å². The van der Waals surface area contributed by atoms with Gasteiger partial charge in [-0.2, -0.15) is 0 Å². The smallest absolute Gasteiger partial charge is 0.303 e. The Morgan fingerprint density at radius 1 is 0.905 bits per heavy atom. The molecule has 0 aromatic carbocycles. The van der Waals surface area contributed by atoms with E-state index in [1.807, 2.05) is 0 Å². The Hall–Kier alpha value is -0.830. The zero-order valence-corrected chi connectivity index (χ0v) is 13.7. The van der Waals surface area contributed by atoms with E-state index in [0.717, 1.165) is 51.4 Å². The van der Waals surface area contributed by atoms with E-state index in [2.05, 4.69) is 19.1 Å². The molecule has 124 valence electrons. The van der Waals surface area contributed by atoms with Gasteiger partial charge in [0.05, 0.1) is 6.10 Å². The minimum atomic E-state index is -0.701. The predicted molar refractivity (Wildman–Crippen MR) is 88.5 cm³/mol. The number of hydrogen-bond acceptors (Lipinski definition) is 2. The number of unbranched alkanes of at least 4 members (excludes halogenated alkanes) is 7. The highest BCUT2D eigenvalue weighted by Crippen LogP contribution is 2.12. The molecule has 3 heteroatoms. The van der Waals surface area contributed by atoms with E-state index in [0.29, 0.717) is 0 Å². The van der Waals surface area contributed by atoms with Gasteiger partial charge in [0.1, 0.15) is 0 Å². The zero-order chi connectivity index (χ0) is 15.8. The van der Waals surface area contributed by atoms with E-state index in [-0.39, 0.29) is 12.5 Å². The molecule has 0 spiro atoms. The van der Waals surface area contributed by atoms with Gasteiger partial charge in [0, 0.05) is 6.42 Å². The van der Waals surface area contributed by atoms with E-state index in [9.17, 15) is 9.90 Å². The lowest BCUT2D eigenvalue weighted by atomic mass is 10.0. The summed E-state index contributed by atoms with van der Waals surface area (Å²) in [5.74, 6) is -0.701. The molecule has 0 rings (SSSR count). The van der Waals surface area contributed by atoms with Crippen LogP contribution in [0, 0.1) is 0 Å². The summed E-state index contributed by atoms with van der Waals surface area (Å²) < 4.78 is 0. The molecule has 0 fully saturated rings. The van der Waals surface area contributed by atoms with Gasteiger partial charge in [0.2, 0.25) is 0 Å². The van der Waals surface area contributed by atoms with Crippen molar-refractivity contribution in [3.05, 3.63) is 12.2 Å². The Balaban J connectivity index is 3.26. The van der Waals surface area contributed by atoms with Gasteiger partial charge in [-0.1, -0.05) is 57.6 Å². The summed E-state index contributed by atoms with van der Waals surface area (Å²) >= 11 is 0. The highest BCUT2D eigenvalue weighted by Gasteiger charge is 2.02. The van der Waals surface area contributed by atoms with Crippen molar-refractivity contribution in [2.24, 2.45) is 0 Å². The summed E-state index contributed by atoms with van der Waals surface area (Å²) in [5, 5.41) is 18.4. The second kappa shape index (κ2) is 15.6. The van der Waals surface area contributed by atoms with Crippen molar-refractivity contribution in [3.8, 4) is 0 Å². The molecular weight excluding hydrogens is 264 g/mol. The van der Waals surface area contributed by atoms with Crippen LogP contribution >= 0.6 is 0 Å². The molecule has 0 heterocycles. The van der Waals surface area contributed by atoms with Gasteiger partial charge >= 0.3 is 5.97 Å². The summed E-state index contributed by atoms with van der Waals surface area (Å²) in [6.45, 7) is 2.21. The first kappa shape index (κ1) is 20.2. The number of aliphatic hydroxyl groups is 1. The van der Waals surface area contributed by atoms with Crippen LogP contribution in [-0.2, 0) is 4.79 Å². The average Bonchev–Trinajstić information content (AvgIpc) is 2.45. The van der Waals surface area contributed by atoms with Gasteiger partial charge in [-0.25, -0.2) is 0 Å². The molecule has 1 atom stereocenters. The monoisotopic (exact) mass is 298 g/mol. The third-order valence-electron chi connectivity index (χ3n) is 3.74. The van der Waals surface area contributed by atoms with E-state index in [1.54, 1.807) is 0 Å². The lowest BCUT2D eigenvalue weighted by molar-refractivity contribution is -0.137. The molecule has 0 saturated carbocycles. The van der Waals surface area contributed by atoms with Crippen molar-refractivity contribution in [1.29, 1.82) is 0 Å². The van der Waals surface area contributed by atoms with E-state index >= 15 is 0 Å². The van der Waals surface area contributed by atoms with Crippen molar-refractivity contribution in [1.82, 2.24) is 0 Å². The fourth-order valence-electron chi connectivity index (χ4n) is 2.37. The Bertz CT molecular complexity index is 261. The fraction of sp³-hybridized carbons (Fsp3) is 0.833. The van der Waals surface area contributed by atoms with Gasteiger partial charge in [0.25, 0.3) is 0 Å². The molecule has 0 radical (unpaired) electrons. The molecule has 0 unspecified atom stereocenters. The van der Waals surface area contributed by atoms with Gasteiger partial charge in [-0.15, -0.1) is 0 Å². The molecule has 0 aromatic rings. The van der Waals surface area contributed by atoms with Crippen LogP contribution in [0.3, 0.4) is 0 Å². The largest absolute Gasteiger partial charge is 0.481 e. The van der Waals surface area contributed by atoms with Crippen LogP contribution in [0.4, 0.5) is 0 Å². The average molecular weight is 298 g/mol. The quantitative estimate of drug-likeness (QED) is 0.327. The normalized spacial score (nSPS) is 12.9. The Morgan fingerprint density at radius 2 is 1.57 bits per heavy atom. The van der Waals surface area contributed by atoms with Crippen molar-refractivity contribution in [2.75, 3.05) is 0 Å². The molecule has 21 heavy (non-hydrogen) atoms. The third kappa shape index (κ3) is 17.1. The first-order valence-corrected chi connectivity index (χ1v) is 8.71. The van der Waals surface area contributed by atoms with Gasteiger partial charge < -0.3 is 10.2 Å². The van der Waals surface area contributed by atoms with Crippen LogP contribution in [0.25, 0.3) is 0 Å². The molecule has 3 nitrogen and oxygen atoms in total. The van der Waals surface area contributed by atoms with Crippen molar-refractivity contribution in [3.63, 3.8) is 0 Å². The standard InChI is InChI=1S/C18H34O3/c1-2-3-4-5-6-8-11-14-17(19)15-12-9-7-10-13-16-18(20)21/h6,8,17,19H,2-5,7,9-16H2,1H3,(H,20,21)/b8-6-/t17-/m1/s1. The van der Waals surface area contributed by atoms with Gasteiger partial charge in [0.15, 0.2) is 0 Å². The van der Waals surface area contributed by atoms with Crippen molar-refractivity contribution >= 4 is 5.97 Å². The maximum Gasteiger partial charge on any atom is 0.303 e. The lowest BCUT2D eigenvalue weighted by Gasteiger charge is -2.08. The summed E-state index contributed by atoms with van der Waals surface area (Å²) in [6, 6.07) is 0. The van der Waals surface area contributed by atoms with Crippen molar-refractivity contribution in [2.45, 2.75) is 96.5 Å². The highest BCUT2D eigenvalue weighted by molar-refractivity contribution is 5.66. The predicted octanol–water partition coefficient (Wildman–Crippen LogP) is 5.08. The number of rotatable bonds is 15. The summed E-state index contributed by atoms with van der Waals surface area (Å²) in [7, 11) is 0. The third-order valence-corrected chi connectivity index (χ3v) is 3.74. The highest BCUT2D eigenvalue weighted by atomic mass is 16.4. The van der Waals surface area contributed by atoms with E-state index < -0.39 is 5.97 Å². The molecule has 2 N–H and O–H groups in total. The summed E-state index contributed by atoms with van der Waals surface area (Å²) in [4.78, 5) is 10.3. The number of aliphatic hydroxyl groups excluding tert-OH is 1. The molecule has 0 aliphatic carbocycles. The van der Waals surface area contributed by atoms with Crippen LogP contribution in [0.2, 0.25) is 0 Å². The number of carboxylic acids is 1. The molecule has 0 bridgehead atoms. The zero-order valence-electron chi connectivity index (χ0n) is 13.7. The molecule has 0 saturated heterocycles. The number of hydrogen-bond donors (Lipinski definition) is 2. The van der Waals surface area contributed by atoms with Gasteiger partial charge in [-0.05, 0) is 38.5 Å². The number of allylic oxidation sites excluding steroid dienone is 2. The Morgan fingerprint density at radius 3 is 2.29 bits per heavy atom. The van der Waals surface area contributed by atoms with Crippen LogP contribution in [0.1, 0.15) is 90.4 Å². The summed E-state index contributed by atoms with van der Waals surface area (Å²) in [6.07, 6.45) is 17.3. The molecule has 0 aliphatic rings. The van der Waals surface area contributed by atoms with Crippen molar-refractivity contribution < 1.29 is 15.0 Å². The Labute approximate surface area is 130 Å². The lowest BCUT2D eigenvalue weighted by Crippen LogP contribution is -2.05. The first-order chi connectivity index (χ1) is 10.2. The number of carbonyl (C=O) groups is 1.